The van der Waals surface area contributed by atoms with Crippen LogP contribution in [0.1, 0.15) is 38.1 Å². The summed E-state index contributed by atoms with van der Waals surface area (Å²) in [5.74, 6) is -1.33. The van der Waals surface area contributed by atoms with Gasteiger partial charge < -0.3 is 10.1 Å². The third kappa shape index (κ3) is 4.76. The SMILES string of the molecule is C[C@H](OC(=O)c1ccc2ncsc2c1)C(=O)NC(=O)NC(C)(C)C. The number of esters is 1. The molecule has 0 saturated carbocycles. The molecule has 3 amide bonds. The molecule has 0 aliphatic rings. The highest BCUT2D eigenvalue weighted by Gasteiger charge is 2.22. The van der Waals surface area contributed by atoms with E-state index in [4.69, 9.17) is 4.74 Å². The lowest BCUT2D eigenvalue weighted by molar-refractivity contribution is -0.127. The lowest BCUT2D eigenvalue weighted by atomic mass is 10.1. The van der Waals surface area contributed by atoms with Gasteiger partial charge in [0.15, 0.2) is 6.10 Å². The van der Waals surface area contributed by atoms with Crippen molar-refractivity contribution >= 4 is 39.5 Å². The van der Waals surface area contributed by atoms with E-state index in [9.17, 15) is 14.4 Å². The van der Waals surface area contributed by atoms with Crippen LogP contribution in [-0.2, 0) is 9.53 Å². The second kappa shape index (κ2) is 6.96. The number of aromatic nitrogens is 1. The largest absolute Gasteiger partial charge is 0.449 e. The number of nitrogens with zero attached hydrogens (tertiary/aromatic N) is 1. The lowest BCUT2D eigenvalue weighted by Gasteiger charge is -2.21. The van der Waals surface area contributed by atoms with Crippen LogP contribution < -0.4 is 10.6 Å². The Labute approximate surface area is 143 Å². The molecule has 0 aliphatic carbocycles. The number of amides is 3. The fraction of sp³-hybridized carbons (Fsp3) is 0.375. The van der Waals surface area contributed by atoms with Crippen molar-refractivity contribution in [1.29, 1.82) is 0 Å². The summed E-state index contributed by atoms with van der Waals surface area (Å²) in [6, 6.07) is 4.32. The van der Waals surface area contributed by atoms with E-state index in [-0.39, 0.29) is 0 Å². The number of fused-ring (bicyclic) bond motifs is 1. The molecule has 0 spiro atoms. The van der Waals surface area contributed by atoms with E-state index in [0.717, 1.165) is 10.2 Å². The number of rotatable bonds is 3. The number of benzene rings is 1. The second-order valence-electron chi connectivity index (χ2n) is 6.28. The number of hydrogen-bond acceptors (Lipinski definition) is 6. The third-order valence-corrected chi connectivity index (χ3v) is 3.74. The van der Waals surface area contributed by atoms with Gasteiger partial charge in [-0.15, -0.1) is 11.3 Å². The fourth-order valence-electron chi connectivity index (χ4n) is 1.85. The summed E-state index contributed by atoms with van der Waals surface area (Å²) in [4.78, 5) is 39.8. The van der Waals surface area contributed by atoms with Crippen molar-refractivity contribution in [3.63, 3.8) is 0 Å². The molecule has 7 nitrogen and oxygen atoms in total. The highest BCUT2D eigenvalue weighted by molar-refractivity contribution is 7.16. The van der Waals surface area contributed by atoms with E-state index in [2.05, 4.69) is 15.6 Å². The minimum Gasteiger partial charge on any atom is -0.449 e. The molecule has 0 fully saturated rings. The normalized spacial score (nSPS) is 12.5. The van der Waals surface area contributed by atoms with Crippen LogP contribution in [0, 0.1) is 0 Å². The molecule has 0 unspecified atom stereocenters. The molecule has 2 aromatic rings. The molecule has 8 heteroatoms. The molecule has 1 aromatic heterocycles. The zero-order valence-corrected chi connectivity index (χ0v) is 14.7. The number of nitrogens with one attached hydrogen (secondary N) is 2. The van der Waals surface area contributed by atoms with Gasteiger partial charge in [0.25, 0.3) is 5.91 Å². The van der Waals surface area contributed by atoms with Crippen LogP contribution in [0.3, 0.4) is 0 Å². The van der Waals surface area contributed by atoms with E-state index < -0.39 is 29.6 Å². The Balaban J connectivity index is 1.95. The average molecular weight is 349 g/mol. The van der Waals surface area contributed by atoms with Crippen LogP contribution in [0.15, 0.2) is 23.7 Å². The highest BCUT2D eigenvalue weighted by Crippen LogP contribution is 2.19. The standard InChI is InChI=1S/C16H19N3O4S/c1-9(13(20)18-15(22)19-16(2,3)4)23-14(21)10-5-6-11-12(7-10)24-8-17-11/h5-9H,1-4H3,(H2,18,19,20,22)/t9-/m0/s1. The Morgan fingerprint density at radius 3 is 2.62 bits per heavy atom. The van der Waals surface area contributed by atoms with E-state index in [1.165, 1.54) is 18.3 Å². The van der Waals surface area contributed by atoms with Crippen molar-refractivity contribution in [2.45, 2.75) is 39.3 Å². The maximum Gasteiger partial charge on any atom is 0.338 e. The van der Waals surface area contributed by atoms with Crippen LogP contribution in [0.4, 0.5) is 4.79 Å². The molecule has 24 heavy (non-hydrogen) atoms. The number of imide groups is 1. The van der Waals surface area contributed by atoms with Gasteiger partial charge in [-0.1, -0.05) is 0 Å². The van der Waals surface area contributed by atoms with Crippen LogP contribution in [0.2, 0.25) is 0 Å². The Bertz CT molecular complexity index is 779. The smallest absolute Gasteiger partial charge is 0.338 e. The molecule has 0 aliphatic heterocycles. The van der Waals surface area contributed by atoms with Crippen molar-refractivity contribution in [2.24, 2.45) is 0 Å². The highest BCUT2D eigenvalue weighted by atomic mass is 32.1. The Hall–Kier alpha value is -2.48. The van der Waals surface area contributed by atoms with Gasteiger partial charge >= 0.3 is 12.0 Å². The summed E-state index contributed by atoms with van der Waals surface area (Å²) < 4.78 is 5.96. The number of carbonyl (C=O) groups excluding carboxylic acids is 3. The number of hydrogen-bond donors (Lipinski definition) is 2. The lowest BCUT2D eigenvalue weighted by Crippen LogP contribution is -2.50. The van der Waals surface area contributed by atoms with Crippen molar-refractivity contribution in [3.8, 4) is 0 Å². The summed E-state index contributed by atoms with van der Waals surface area (Å²) in [5.41, 5.74) is 2.32. The van der Waals surface area contributed by atoms with Crippen LogP contribution in [0.25, 0.3) is 10.2 Å². The zero-order valence-electron chi connectivity index (χ0n) is 13.9. The first-order chi connectivity index (χ1) is 11.2. The monoisotopic (exact) mass is 349 g/mol. The number of carbonyl (C=O) groups is 3. The predicted molar refractivity (Wildman–Crippen MR) is 90.9 cm³/mol. The molecular weight excluding hydrogens is 330 g/mol. The average Bonchev–Trinajstić information content (AvgIpc) is 2.92. The maximum absolute atomic E-state index is 12.1. The molecule has 2 rings (SSSR count). The van der Waals surface area contributed by atoms with Crippen molar-refractivity contribution in [3.05, 3.63) is 29.3 Å². The van der Waals surface area contributed by atoms with E-state index >= 15 is 0 Å². The summed E-state index contributed by atoms with van der Waals surface area (Å²) in [6.07, 6.45) is -1.10. The van der Waals surface area contributed by atoms with Gasteiger partial charge in [0, 0.05) is 5.54 Å². The molecule has 2 N–H and O–H groups in total. The number of thiazole rings is 1. The van der Waals surface area contributed by atoms with Gasteiger partial charge in [-0.2, -0.15) is 0 Å². The molecule has 0 radical (unpaired) electrons. The predicted octanol–water partition coefficient (Wildman–Crippen LogP) is 2.47. The zero-order chi connectivity index (χ0) is 17.9. The molecule has 1 aromatic carbocycles. The molecule has 1 atom stereocenters. The van der Waals surface area contributed by atoms with Gasteiger partial charge in [-0.05, 0) is 45.9 Å². The van der Waals surface area contributed by atoms with Gasteiger partial charge in [-0.3, -0.25) is 10.1 Å². The molecule has 128 valence electrons. The Morgan fingerprint density at radius 1 is 1.25 bits per heavy atom. The van der Waals surface area contributed by atoms with Crippen molar-refractivity contribution in [1.82, 2.24) is 15.6 Å². The fourth-order valence-corrected chi connectivity index (χ4v) is 2.57. The first-order valence-electron chi connectivity index (χ1n) is 7.33. The van der Waals surface area contributed by atoms with E-state index in [1.54, 1.807) is 44.5 Å². The summed E-state index contributed by atoms with van der Waals surface area (Å²) in [7, 11) is 0. The minimum atomic E-state index is -1.10. The molecule has 0 bridgehead atoms. The number of ether oxygens (including phenoxy) is 1. The van der Waals surface area contributed by atoms with E-state index in [0.29, 0.717) is 5.56 Å². The Morgan fingerprint density at radius 2 is 1.96 bits per heavy atom. The van der Waals surface area contributed by atoms with Gasteiger partial charge in [0.2, 0.25) is 0 Å². The van der Waals surface area contributed by atoms with Crippen molar-refractivity contribution in [2.75, 3.05) is 0 Å². The van der Waals surface area contributed by atoms with Crippen molar-refractivity contribution < 1.29 is 19.1 Å². The third-order valence-electron chi connectivity index (χ3n) is 2.95. The van der Waals surface area contributed by atoms with Crippen LogP contribution in [-0.4, -0.2) is 34.5 Å². The quantitative estimate of drug-likeness (QED) is 0.830. The first kappa shape index (κ1) is 17.9. The van der Waals surface area contributed by atoms with Gasteiger partial charge in [0.05, 0.1) is 21.3 Å². The summed E-state index contributed by atoms with van der Waals surface area (Å²) >= 11 is 1.41. The molecule has 0 saturated heterocycles. The topological polar surface area (TPSA) is 97.4 Å². The second-order valence-corrected chi connectivity index (χ2v) is 7.16. The first-order valence-corrected chi connectivity index (χ1v) is 8.21. The maximum atomic E-state index is 12.1. The van der Waals surface area contributed by atoms with E-state index in [1.807, 2.05) is 0 Å². The Kier molecular flexibility index (Phi) is 5.18. The van der Waals surface area contributed by atoms with Crippen LogP contribution in [0.5, 0.6) is 0 Å². The summed E-state index contributed by atoms with van der Waals surface area (Å²) in [5, 5.41) is 4.73. The molecule has 1 heterocycles. The minimum absolute atomic E-state index is 0.325. The summed E-state index contributed by atoms with van der Waals surface area (Å²) in [6.45, 7) is 6.77. The molecular formula is C16H19N3O4S. The van der Waals surface area contributed by atoms with Gasteiger partial charge in [-0.25, -0.2) is 14.6 Å². The number of urea groups is 1. The van der Waals surface area contributed by atoms with Crippen LogP contribution >= 0.6 is 11.3 Å². The van der Waals surface area contributed by atoms with Gasteiger partial charge in [0.1, 0.15) is 0 Å².